The molecule has 7 nitrogen and oxygen atoms in total. The van der Waals surface area contributed by atoms with Crippen LogP contribution in [-0.2, 0) is 9.53 Å². The number of methoxy groups -OCH3 is 1. The number of nitrogens with zero attached hydrogens (tertiary/aromatic N) is 4. The molecule has 0 aromatic heterocycles. The Balaban J connectivity index is 0.00000320. The van der Waals surface area contributed by atoms with E-state index in [1.54, 1.807) is 7.05 Å². The number of piperazine rings is 1. The van der Waals surface area contributed by atoms with Crippen LogP contribution in [0.2, 0.25) is 0 Å². The second kappa shape index (κ2) is 12.3. The molecule has 1 aromatic carbocycles. The van der Waals surface area contributed by atoms with Crippen LogP contribution in [-0.4, -0.2) is 88.2 Å². The predicted octanol–water partition coefficient (Wildman–Crippen LogP) is 2.03. The molecule has 1 N–H and O–H groups in total. The largest absolute Gasteiger partial charge is 0.469 e. The number of benzene rings is 1. The van der Waals surface area contributed by atoms with E-state index in [-0.39, 0.29) is 41.7 Å². The Hall–Kier alpha value is -1.62. The summed E-state index contributed by atoms with van der Waals surface area (Å²) in [4.78, 5) is 23.0. The zero-order valence-electron chi connectivity index (χ0n) is 17.8. The fourth-order valence-corrected chi connectivity index (χ4v) is 4.03. The molecule has 0 spiro atoms. The molecule has 30 heavy (non-hydrogen) atoms. The van der Waals surface area contributed by atoms with Crippen LogP contribution in [0.15, 0.2) is 29.3 Å². The second-order valence-corrected chi connectivity index (χ2v) is 7.56. The van der Waals surface area contributed by atoms with E-state index in [1.807, 2.05) is 12.1 Å². The van der Waals surface area contributed by atoms with Gasteiger partial charge in [-0.3, -0.25) is 14.7 Å². The molecule has 0 unspecified atom stereocenters. The fourth-order valence-electron chi connectivity index (χ4n) is 4.03. The molecule has 0 atom stereocenters. The lowest BCUT2D eigenvalue weighted by Crippen LogP contribution is -2.51. The number of ether oxygens (including phenoxy) is 1. The average Bonchev–Trinajstić information content (AvgIpc) is 2.77. The minimum Gasteiger partial charge on any atom is -0.469 e. The minimum atomic E-state index is -0.193. The molecule has 2 aliphatic heterocycles. The second-order valence-electron chi connectivity index (χ2n) is 7.56. The molecule has 2 fully saturated rings. The van der Waals surface area contributed by atoms with Crippen molar-refractivity contribution in [1.29, 1.82) is 0 Å². The Morgan fingerprint density at radius 1 is 1.13 bits per heavy atom. The summed E-state index contributed by atoms with van der Waals surface area (Å²) in [5.41, 5.74) is 1.08. The molecule has 0 bridgehead atoms. The molecular weight excluding hydrogens is 500 g/mol. The van der Waals surface area contributed by atoms with Gasteiger partial charge in [0.25, 0.3) is 0 Å². The highest BCUT2D eigenvalue weighted by Crippen LogP contribution is 2.19. The number of hydrogen-bond acceptors (Lipinski definition) is 5. The summed E-state index contributed by atoms with van der Waals surface area (Å²) in [5, 5.41) is 3.46. The van der Waals surface area contributed by atoms with Gasteiger partial charge in [-0.15, -0.1) is 24.0 Å². The molecule has 2 saturated heterocycles. The number of likely N-dealkylation sites (tertiary alicyclic amines) is 1. The van der Waals surface area contributed by atoms with Crippen molar-refractivity contribution < 1.29 is 13.9 Å². The van der Waals surface area contributed by atoms with Gasteiger partial charge in [0.15, 0.2) is 5.96 Å². The van der Waals surface area contributed by atoms with Gasteiger partial charge in [0.2, 0.25) is 0 Å². The zero-order chi connectivity index (χ0) is 20.6. The number of piperidine rings is 1. The molecule has 0 aliphatic carbocycles. The summed E-state index contributed by atoms with van der Waals surface area (Å²) in [5.74, 6) is 0.610. The molecule has 168 valence electrons. The van der Waals surface area contributed by atoms with E-state index in [2.05, 4.69) is 25.0 Å². The normalized spacial score (nSPS) is 18.7. The third-order valence-corrected chi connectivity index (χ3v) is 5.82. The van der Waals surface area contributed by atoms with Crippen molar-refractivity contribution in [2.75, 3.05) is 71.4 Å². The maximum absolute atomic E-state index is 13.1. The molecule has 2 aliphatic rings. The van der Waals surface area contributed by atoms with E-state index >= 15 is 0 Å². The van der Waals surface area contributed by atoms with Gasteiger partial charge in [0, 0.05) is 65.1 Å². The van der Waals surface area contributed by atoms with Crippen LogP contribution in [0.3, 0.4) is 0 Å². The van der Waals surface area contributed by atoms with Gasteiger partial charge in [-0.25, -0.2) is 4.39 Å². The number of esters is 1. The third kappa shape index (κ3) is 6.69. The Bertz CT molecular complexity index is 687. The summed E-state index contributed by atoms with van der Waals surface area (Å²) in [6.45, 7) is 7.29. The van der Waals surface area contributed by atoms with Crippen molar-refractivity contribution in [3.63, 3.8) is 0 Å². The number of aliphatic imine (C=N–C) groups is 1. The molecule has 2 heterocycles. The fraction of sp³-hybridized carbons (Fsp3) is 0.619. The Morgan fingerprint density at radius 2 is 1.77 bits per heavy atom. The van der Waals surface area contributed by atoms with Crippen LogP contribution in [0.1, 0.15) is 12.8 Å². The zero-order valence-corrected chi connectivity index (χ0v) is 20.2. The molecular formula is C21H33FIN5O2. The first-order valence-electron chi connectivity index (χ1n) is 10.4. The molecule has 0 radical (unpaired) electrons. The number of rotatable bonds is 5. The van der Waals surface area contributed by atoms with Crippen molar-refractivity contribution in [1.82, 2.24) is 15.1 Å². The van der Waals surface area contributed by atoms with E-state index in [1.165, 1.54) is 19.2 Å². The quantitative estimate of drug-likeness (QED) is 0.271. The van der Waals surface area contributed by atoms with E-state index < -0.39 is 0 Å². The van der Waals surface area contributed by atoms with E-state index in [0.29, 0.717) is 0 Å². The van der Waals surface area contributed by atoms with E-state index in [0.717, 1.165) is 76.8 Å². The highest BCUT2D eigenvalue weighted by atomic mass is 127. The van der Waals surface area contributed by atoms with Gasteiger partial charge in [-0.05, 0) is 37.1 Å². The van der Waals surface area contributed by atoms with Crippen molar-refractivity contribution >= 4 is 41.6 Å². The monoisotopic (exact) mass is 533 g/mol. The van der Waals surface area contributed by atoms with Crippen LogP contribution >= 0.6 is 24.0 Å². The number of anilines is 1. The lowest BCUT2D eigenvalue weighted by molar-refractivity contribution is -0.146. The highest BCUT2D eigenvalue weighted by Gasteiger charge is 2.27. The standard InChI is InChI=1S/C21H32FN5O2.HI/c1-23-21(27-10-7-17(8-11-27)20(28)29-2)24-9-12-25-13-15-26(16-14-25)19-5-3-18(22)4-6-19;/h3-6,17H,7-16H2,1-2H3,(H,23,24);1H. The molecule has 0 saturated carbocycles. The summed E-state index contributed by atoms with van der Waals surface area (Å²) < 4.78 is 17.9. The Labute approximate surface area is 195 Å². The number of hydrogen-bond donors (Lipinski definition) is 1. The van der Waals surface area contributed by atoms with Crippen LogP contribution in [0, 0.1) is 11.7 Å². The molecule has 0 amide bonds. The Kier molecular flexibility index (Phi) is 10.1. The topological polar surface area (TPSA) is 60.4 Å². The molecule has 3 rings (SSSR count). The van der Waals surface area contributed by atoms with Crippen LogP contribution < -0.4 is 10.2 Å². The number of halogens is 2. The smallest absolute Gasteiger partial charge is 0.308 e. The third-order valence-electron chi connectivity index (χ3n) is 5.82. The first-order chi connectivity index (χ1) is 14.1. The van der Waals surface area contributed by atoms with Crippen LogP contribution in [0.5, 0.6) is 0 Å². The van der Waals surface area contributed by atoms with Crippen molar-refractivity contribution in [3.8, 4) is 0 Å². The summed E-state index contributed by atoms with van der Waals surface area (Å²) in [6, 6.07) is 6.73. The number of guanidine groups is 1. The summed E-state index contributed by atoms with van der Waals surface area (Å²) in [7, 11) is 3.25. The van der Waals surface area contributed by atoms with Gasteiger partial charge in [-0.1, -0.05) is 0 Å². The maximum atomic E-state index is 13.1. The van der Waals surface area contributed by atoms with Crippen molar-refractivity contribution in [3.05, 3.63) is 30.1 Å². The molecule has 1 aromatic rings. The van der Waals surface area contributed by atoms with Crippen LogP contribution in [0.4, 0.5) is 10.1 Å². The van der Waals surface area contributed by atoms with E-state index in [4.69, 9.17) is 4.74 Å². The molecule has 9 heteroatoms. The number of nitrogens with one attached hydrogen (secondary N) is 1. The highest BCUT2D eigenvalue weighted by molar-refractivity contribution is 14.0. The first kappa shape index (κ1) is 24.6. The van der Waals surface area contributed by atoms with Gasteiger partial charge in [0.1, 0.15) is 5.82 Å². The number of carbonyl (C=O) groups excluding carboxylic acids is 1. The van der Waals surface area contributed by atoms with Crippen LogP contribution in [0.25, 0.3) is 0 Å². The predicted molar refractivity (Wildman–Crippen MR) is 128 cm³/mol. The summed E-state index contributed by atoms with van der Waals surface area (Å²) >= 11 is 0. The lowest BCUT2D eigenvalue weighted by atomic mass is 9.97. The first-order valence-corrected chi connectivity index (χ1v) is 10.4. The summed E-state index contributed by atoms with van der Waals surface area (Å²) in [6.07, 6.45) is 1.61. The minimum absolute atomic E-state index is 0. The van der Waals surface area contributed by atoms with Gasteiger partial charge in [0.05, 0.1) is 13.0 Å². The Morgan fingerprint density at radius 3 is 2.33 bits per heavy atom. The average molecular weight is 533 g/mol. The van der Waals surface area contributed by atoms with Crippen molar-refractivity contribution in [2.45, 2.75) is 12.8 Å². The number of carbonyl (C=O) groups is 1. The lowest BCUT2D eigenvalue weighted by Gasteiger charge is -2.37. The van der Waals surface area contributed by atoms with E-state index in [9.17, 15) is 9.18 Å². The van der Waals surface area contributed by atoms with Gasteiger partial charge >= 0.3 is 5.97 Å². The van der Waals surface area contributed by atoms with Gasteiger partial charge < -0.3 is 19.9 Å². The van der Waals surface area contributed by atoms with Crippen molar-refractivity contribution in [2.24, 2.45) is 10.9 Å². The van der Waals surface area contributed by atoms with Gasteiger partial charge in [-0.2, -0.15) is 0 Å². The SMILES string of the molecule is CN=C(NCCN1CCN(c2ccc(F)cc2)CC1)N1CCC(C(=O)OC)CC1.I. The maximum Gasteiger partial charge on any atom is 0.308 e.